The zero-order valence-corrected chi connectivity index (χ0v) is 35.5. The number of carbonyl (C=O) groups excluding carboxylic acids is 2. The molecule has 0 saturated carbocycles. The Bertz CT molecular complexity index is 1150. The molecule has 310 valence electrons. The van der Waals surface area contributed by atoms with Gasteiger partial charge in [0.2, 0.25) is 0 Å². The molecule has 0 aromatic rings. The van der Waals surface area contributed by atoms with Gasteiger partial charge in [0.1, 0.15) is 19.8 Å². The lowest BCUT2D eigenvalue weighted by Gasteiger charge is -2.28. The Labute approximate surface area is 329 Å². The number of hydrogen-bond acceptors (Lipinski definition) is 8. The van der Waals surface area contributed by atoms with Crippen LogP contribution in [0, 0.1) is 0 Å². The number of allylic oxidation sites excluding steroid dienone is 12. The van der Waals surface area contributed by atoms with E-state index in [1.807, 2.05) is 21.1 Å². The minimum Gasteiger partial charge on any atom is -0.756 e. The standard InChI is InChI=1S/C44H76NO8P/c1-6-8-10-12-14-16-18-20-22-24-26-28-30-32-34-36-43(46)50-40-42(41-52-54(48,49)51-39-38-45(3,4)5)53-44(47)37-35-33-31-29-27-25-23-21-19-17-15-13-11-9-7-2/h8-11,14-17,20-23,42H,6-7,12-13,18-19,24-41H2,1-5H3/b10-8-,11-9-,16-14-,17-15-,22-20-,23-21-. The lowest BCUT2D eigenvalue weighted by Crippen LogP contribution is -2.37. The zero-order valence-electron chi connectivity index (χ0n) is 34.6. The van der Waals surface area contributed by atoms with Crippen molar-refractivity contribution >= 4 is 19.8 Å². The summed E-state index contributed by atoms with van der Waals surface area (Å²) in [4.78, 5) is 37.5. The van der Waals surface area contributed by atoms with Gasteiger partial charge in [-0.25, -0.2) is 0 Å². The molecule has 9 nitrogen and oxygen atoms in total. The molecular weight excluding hydrogens is 701 g/mol. The smallest absolute Gasteiger partial charge is 0.306 e. The molecule has 0 aromatic heterocycles. The quantitative estimate of drug-likeness (QED) is 0.0203. The van der Waals surface area contributed by atoms with Crippen LogP contribution in [0.5, 0.6) is 0 Å². The first-order chi connectivity index (χ1) is 26.0. The van der Waals surface area contributed by atoms with Crippen LogP contribution in [0.15, 0.2) is 72.9 Å². The van der Waals surface area contributed by atoms with E-state index in [2.05, 4.69) is 86.8 Å². The average Bonchev–Trinajstić information content (AvgIpc) is 3.12. The molecule has 10 heteroatoms. The van der Waals surface area contributed by atoms with Crippen molar-refractivity contribution in [2.45, 2.75) is 148 Å². The molecule has 0 aliphatic heterocycles. The number of nitrogens with zero attached hydrogens (tertiary/aromatic N) is 1. The predicted molar refractivity (Wildman–Crippen MR) is 222 cm³/mol. The normalized spacial score (nSPS) is 14.4. The van der Waals surface area contributed by atoms with E-state index < -0.39 is 32.5 Å². The summed E-state index contributed by atoms with van der Waals surface area (Å²) < 4.78 is 33.8. The maximum Gasteiger partial charge on any atom is 0.306 e. The molecule has 0 radical (unpaired) electrons. The van der Waals surface area contributed by atoms with Gasteiger partial charge in [-0.3, -0.25) is 14.2 Å². The number of likely N-dealkylation sites (N-methyl/N-ethyl adjacent to an activating group) is 1. The summed E-state index contributed by atoms with van der Waals surface area (Å²) in [7, 11) is 1.13. The summed E-state index contributed by atoms with van der Waals surface area (Å²) in [5, 5.41) is 0. The molecule has 0 heterocycles. The number of unbranched alkanes of at least 4 members (excludes halogenated alkanes) is 10. The van der Waals surface area contributed by atoms with Crippen molar-refractivity contribution in [3.05, 3.63) is 72.9 Å². The fourth-order valence-electron chi connectivity index (χ4n) is 5.03. The molecule has 2 atom stereocenters. The maximum absolute atomic E-state index is 12.6. The molecule has 0 saturated heterocycles. The lowest BCUT2D eigenvalue weighted by atomic mass is 10.1. The first-order valence-electron chi connectivity index (χ1n) is 20.6. The SMILES string of the molecule is CC/C=C\C/C=C\C/C=C\CCCCCCCC(=O)OCC(COP(=O)([O-])OCC[N+](C)(C)C)OC(=O)CCCCCCC/C=C\C/C=C\C/C=C\CC. The van der Waals surface area contributed by atoms with Crippen LogP contribution in [0.25, 0.3) is 0 Å². The Morgan fingerprint density at radius 3 is 1.48 bits per heavy atom. The van der Waals surface area contributed by atoms with Crippen molar-refractivity contribution in [2.75, 3.05) is 47.5 Å². The van der Waals surface area contributed by atoms with Gasteiger partial charge in [0.25, 0.3) is 7.82 Å². The van der Waals surface area contributed by atoms with Crippen LogP contribution in [0.4, 0.5) is 0 Å². The highest BCUT2D eigenvalue weighted by Gasteiger charge is 2.21. The van der Waals surface area contributed by atoms with Gasteiger partial charge in [0.15, 0.2) is 6.10 Å². The van der Waals surface area contributed by atoms with Crippen LogP contribution in [0.2, 0.25) is 0 Å². The second-order valence-corrected chi connectivity index (χ2v) is 16.0. The first-order valence-corrected chi connectivity index (χ1v) is 22.1. The van der Waals surface area contributed by atoms with Crippen LogP contribution < -0.4 is 4.89 Å². The summed E-state index contributed by atoms with van der Waals surface area (Å²) in [6, 6.07) is 0. The predicted octanol–water partition coefficient (Wildman–Crippen LogP) is 10.8. The molecule has 0 fully saturated rings. The third kappa shape index (κ3) is 39.2. The van der Waals surface area contributed by atoms with E-state index in [0.29, 0.717) is 23.9 Å². The molecule has 0 N–H and O–H groups in total. The summed E-state index contributed by atoms with van der Waals surface area (Å²) in [5.74, 6) is -0.883. The highest BCUT2D eigenvalue weighted by Crippen LogP contribution is 2.38. The molecule has 0 aliphatic carbocycles. The van der Waals surface area contributed by atoms with Crippen molar-refractivity contribution in [3.8, 4) is 0 Å². The van der Waals surface area contributed by atoms with E-state index in [1.54, 1.807) is 0 Å². The maximum atomic E-state index is 12.6. The van der Waals surface area contributed by atoms with Gasteiger partial charge >= 0.3 is 11.9 Å². The number of phosphoric acid groups is 1. The minimum absolute atomic E-state index is 0.0414. The molecule has 0 rings (SSSR count). The van der Waals surface area contributed by atoms with Crippen molar-refractivity contribution in [1.29, 1.82) is 0 Å². The second-order valence-electron chi connectivity index (χ2n) is 14.6. The molecule has 2 unspecified atom stereocenters. The van der Waals surface area contributed by atoms with E-state index in [-0.39, 0.29) is 26.1 Å². The van der Waals surface area contributed by atoms with E-state index in [4.69, 9.17) is 18.5 Å². The second kappa shape index (κ2) is 36.1. The van der Waals surface area contributed by atoms with Crippen LogP contribution in [0.1, 0.15) is 142 Å². The van der Waals surface area contributed by atoms with E-state index >= 15 is 0 Å². The van der Waals surface area contributed by atoms with Crippen molar-refractivity contribution in [3.63, 3.8) is 0 Å². The molecule has 0 spiro atoms. The molecule has 0 aliphatic rings. The van der Waals surface area contributed by atoms with Gasteiger partial charge in [-0.1, -0.05) is 125 Å². The van der Waals surface area contributed by atoms with Crippen molar-refractivity contribution < 1.29 is 42.1 Å². The fraction of sp³-hybridized carbons (Fsp3) is 0.682. The Balaban J connectivity index is 4.47. The summed E-state index contributed by atoms with van der Waals surface area (Å²) >= 11 is 0. The number of hydrogen-bond donors (Lipinski definition) is 0. The average molecular weight is 778 g/mol. The van der Waals surface area contributed by atoms with Crippen LogP contribution in [-0.4, -0.2) is 70.0 Å². The Kier molecular flexibility index (Phi) is 34.4. The summed E-state index contributed by atoms with van der Waals surface area (Å²) in [5.41, 5.74) is 0. The van der Waals surface area contributed by atoms with Crippen LogP contribution in [0.3, 0.4) is 0 Å². The highest BCUT2D eigenvalue weighted by atomic mass is 31.2. The topological polar surface area (TPSA) is 111 Å². The molecule has 0 bridgehead atoms. The number of carbonyl (C=O) groups is 2. The minimum atomic E-state index is -4.63. The monoisotopic (exact) mass is 778 g/mol. The molecule has 0 aromatic carbocycles. The van der Waals surface area contributed by atoms with E-state index in [9.17, 15) is 19.0 Å². The van der Waals surface area contributed by atoms with Gasteiger partial charge < -0.3 is 27.9 Å². The van der Waals surface area contributed by atoms with E-state index in [1.165, 1.54) is 0 Å². The van der Waals surface area contributed by atoms with Crippen molar-refractivity contribution in [1.82, 2.24) is 0 Å². The van der Waals surface area contributed by atoms with Gasteiger partial charge in [0, 0.05) is 12.8 Å². The Morgan fingerprint density at radius 1 is 0.574 bits per heavy atom. The summed E-state index contributed by atoms with van der Waals surface area (Å²) in [6.45, 7) is 3.93. The number of quaternary nitrogens is 1. The molecular formula is C44H76NO8P. The Morgan fingerprint density at radius 2 is 1.00 bits per heavy atom. The number of esters is 2. The highest BCUT2D eigenvalue weighted by molar-refractivity contribution is 7.45. The van der Waals surface area contributed by atoms with Gasteiger partial charge in [0.05, 0.1) is 27.7 Å². The lowest BCUT2D eigenvalue weighted by molar-refractivity contribution is -0.870. The number of rotatable bonds is 36. The fourth-order valence-corrected chi connectivity index (χ4v) is 5.76. The van der Waals surface area contributed by atoms with Gasteiger partial charge in [-0.2, -0.15) is 0 Å². The first kappa shape index (κ1) is 51.5. The Hall–Kier alpha value is -2.55. The molecule has 54 heavy (non-hydrogen) atoms. The summed E-state index contributed by atoms with van der Waals surface area (Å²) in [6.07, 6.45) is 43.5. The van der Waals surface area contributed by atoms with Crippen LogP contribution in [-0.2, 0) is 32.7 Å². The largest absolute Gasteiger partial charge is 0.756 e. The van der Waals surface area contributed by atoms with Crippen molar-refractivity contribution in [2.24, 2.45) is 0 Å². The van der Waals surface area contributed by atoms with Gasteiger partial charge in [-0.15, -0.1) is 0 Å². The van der Waals surface area contributed by atoms with E-state index in [0.717, 1.165) is 103 Å². The third-order valence-electron chi connectivity index (χ3n) is 8.22. The van der Waals surface area contributed by atoms with Gasteiger partial charge in [-0.05, 0) is 77.0 Å². The zero-order chi connectivity index (χ0) is 40.0. The number of phosphoric ester groups is 1. The number of ether oxygens (including phenoxy) is 2. The molecule has 0 amide bonds. The van der Waals surface area contributed by atoms with Crippen LogP contribution >= 0.6 is 7.82 Å². The third-order valence-corrected chi connectivity index (χ3v) is 9.19.